The molecule has 3 aromatic rings. The number of ether oxygens (including phenoxy) is 2. The monoisotopic (exact) mass is 390 g/mol. The zero-order chi connectivity index (χ0) is 21.2. The lowest BCUT2D eigenvalue weighted by Crippen LogP contribution is -2.28. The van der Waals surface area contributed by atoms with Gasteiger partial charge in [-0.3, -0.25) is 4.79 Å². The Bertz CT molecular complexity index is 1100. The molecule has 4 heteroatoms. The molecule has 150 valence electrons. The van der Waals surface area contributed by atoms with E-state index in [1.54, 1.807) is 24.3 Å². The molecule has 0 fully saturated rings. The summed E-state index contributed by atoms with van der Waals surface area (Å²) in [5.41, 5.74) is -0.351. The highest BCUT2D eigenvalue weighted by atomic mass is 16.5. The van der Waals surface area contributed by atoms with Gasteiger partial charge in [-0.25, -0.2) is 0 Å². The van der Waals surface area contributed by atoms with E-state index in [-0.39, 0.29) is 5.43 Å². The van der Waals surface area contributed by atoms with Crippen molar-refractivity contribution in [1.29, 1.82) is 0 Å². The van der Waals surface area contributed by atoms with Crippen molar-refractivity contribution in [2.75, 3.05) is 0 Å². The molecule has 0 N–H and O–H groups in total. The number of hydrogen-bond acceptors (Lipinski definition) is 4. The minimum absolute atomic E-state index is 0.152. The molecule has 0 bridgehead atoms. The predicted octanol–water partition coefficient (Wildman–Crippen LogP) is 6.15. The molecule has 0 atom stereocenters. The fraction of sp³-hybridized carbons (Fsp3) is 0.240. The molecule has 2 aromatic carbocycles. The lowest BCUT2D eigenvalue weighted by atomic mass is 10.1. The molecule has 3 rings (SSSR count). The largest absolute Gasteiger partial charge is 0.480 e. The van der Waals surface area contributed by atoms with Gasteiger partial charge in [-0.05, 0) is 52.0 Å². The van der Waals surface area contributed by atoms with Gasteiger partial charge in [0.2, 0.25) is 5.75 Å². The van der Waals surface area contributed by atoms with Crippen LogP contribution in [0, 0.1) is 0 Å². The van der Waals surface area contributed by atoms with Crippen molar-refractivity contribution >= 4 is 11.0 Å². The third kappa shape index (κ3) is 4.43. The SMILES string of the molecule is C=CC(C)(C)Oc1ccc2c(=O)cc(-c3ccccc3)oc2c1OC(C)(C)C=C. The van der Waals surface area contributed by atoms with Crippen LogP contribution in [0.4, 0.5) is 0 Å². The van der Waals surface area contributed by atoms with Crippen LogP contribution in [0.1, 0.15) is 27.7 Å². The van der Waals surface area contributed by atoms with Crippen LogP contribution in [0.15, 0.2) is 83.1 Å². The molecule has 0 saturated heterocycles. The molecule has 0 amide bonds. The molecule has 29 heavy (non-hydrogen) atoms. The highest BCUT2D eigenvalue weighted by Gasteiger charge is 2.26. The Morgan fingerprint density at radius 1 is 0.897 bits per heavy atom. The van der Waals surface area contributed by atoms with E-state index >= 15 is 0 Å². The van der Waals surface area contributed by atoms with E-state index < -0.39 is 11.2 Å². The highest BCUT2D eigenvalue weighted by Crippen LogP contribution is 2.40. The first-order chi connectivity index (χ1) is 13.7. The summed E-state index contributed by atoms with van der Waals surface area (Å²) >= 11 is 0. The molecule has 0 aliphatic heterocycles. The minimum Gasteiger partial charge on any atom is -0.480 e. The van der Waals surface area contributed by atoms with Crippen molar-refractivity contribution in [3.63, 3.8) is 0 Å². The Hall–Kier alpha value is -3.27. The molecule has 0 unspecified atom stereocenters. The van der Waals surface area contributed by atoms with E-state index in [9.17, 15) is 4.79 Å². The molecule has 0 saturated carbocycles. The first-order valence-corrected chi connectivity index (χ1v) is 9.47. The predicted molar refractivity (Wildman–Crippen MR) is 118 cm³/mol. The van der Waals surface area contributed by atoms with Crippen LogP contribution in [0.25, 0.3) is 22.3 Å². The molecule has 0 aliphatic carbocycles. The van der Waals surface area contributed by atoms with Gasteiger partial charge in [0.1, 0.15) is 17.0 Å². The van der Waals surface area contributed by atoms with Crippen molar-refractivity contribution in [3.05, 3.63) is 84.1 Å². The third-order valence-electron chi connectivity index (χ3n) is 4.60. The average Bonchev–Trinajstić information content (AvgIpc) is 2.70. The van der Waals surface area contributed by atoms with Crippen LogP contribution in [0.5, 0.6) is 11.5 Å². The maximum absolute atomic E-state index is 12.8. The summed E-state index contributed by atoms with van der Waals surface area (Å²) in [7, 11) is 0. The molecule has 0 radical (unpaired) electrons. The Morgan fingerprint density at radius 2 is 1.52 bits per heavy atom. The lowest BCUT2D eigenvalue weighted by molar-refractivity contribution is 0.125. The number of benzene rings is 2. The van der Waals surface area contributed by atoms with E-state index in [0.29, 0.717) is 28.2 Å². The van der Waals surface area contributed by atoms with Crippen LogP contribution in [0.2, 0.25) is 0 Å². The summed E-state index contributed by atoms with van der Waals surface area (Å²) in [6, 6.07) is 14.4. The van der Waals surface area contributed by atoms with E-state index in [0.717, 1.165) is 5.56 Å². The zero-order valence-electron chi connectivity index (χ0n) is 17.3. The van der Waals surface area contributed by atoms with Gasteiger partial charge in [-0.15, -0.1) is 0 Å². The third-order valence-corrected chi connectivity index (χ3v) is 4.60. The lowest BCUT2D eigenvalue weighted by Gasteiger charge is -2.28. The maximum Gasteiger partial charge on any atom is 0.205 e. The molecule has 1 aromatic heterocycles. The number of hydrogen-bond donors (Lipinski definition) is 0. The second-order valence-electron chi connectivity index (χ2n) is 7.93. The Kier molecular flexibility index (Phi) is 5.38. The molecule has 4 nitrogen and oxygen atoms in total. The van der Waals surface area contributed by atoms with Gasteiger partial charge >= 0.3 is 0 Å². The molecule has 0 spiro atoms. The summed E-state index contributed by atoms with van der Waals surface area (Å²) in [6.07, 6.45) is 3.39. The Labute approximate surface area is 171 Å². The van der Waals surface area contributed by atoms with Crippen molar-refractivity contribution < 1.29 is 13.9 Å². The van der Waals surface area contributed by atoms with Gasteiger partial charge in [0.25, 0.3) is 0 Å². The van der Waals surface area contributed by atoms with E-state index in [4.69, 9.17) is 13.9 Å². The van der Waals surface area contributed by atoms with Gasteiger partial charge < -0.3 is 13.9 Å². The fourth-order valence-corrected chi connectivity index (χ4v) is 2.73. The van der Waals surface area contributed by atoms with Crippen LogP contribution < -0.4 is 14.9 Å². The van der Waals surface area contributed by atoms with Crippen LogP contribution in [-0.4, -0.2) is 11.2 Å². The van der Waals surface area contributed by atoms with Crippen molar-refractivity contribution in [2.24, 2.45) is 0 Å². The molecule has 0 aliphatic rings. The summed E-state index contributed by atoms with van der Waals surface area (Å²) in [5.74, 6) is 1.28. The van der Waals surface area contributed by atoms with E-state index in [1.165, 1.54) is 6.07 Å². The maximum atomic E-state index is 12.8. The van der Waals surface area contributed by atoms with Crippen molar-refractivity contribution in [3.8, 4) is 22.8 Å². The second kappa shape index (κ2) is 7.63. The summed E-state index contributed by atoms with van der Waals surface area (Å²) in [6.45, 7) is 15.2. The summed E-state index contributed by atoms with van der Waals surface area (Å²) < 4.78 is 18.5. The van der Waals surface area contributed by atoms with Crippen molar-refractivity contribution in [2.45, 2.75) is 38.9 Å². The van der Waals surface area contributed by atoms with Crippen LogP contribution >= 0.6 is 0 Å². The summed E-state index contributed by atoms with van der Waals surface area (Å²) in [5, 5.41) is 0.420. The van der Waals surface area contributed by atoms with Gasteiger partial charge in [-0.2, -0.15) is 0 Å². The first-order valence-electron chi connectivity index (χ1n) is 9.47. The fourth-order valence-electron chi connectivity index (χ4n) is 2.73. The second-order valence-corrected chi connectivity index (χ2v) is 7.93. The zero-order valence-corrected chi connectivity index (χ0v) is 17.3. The van der Waals surface area contributed by atoms with Gasteiger partial charge in [0, 0.05) is 11.6 Å². The number of rotatable bonds is 7. The van der Waals surface area contributed by atoms with Crippen LogP contribution in [-0.2, 0) is 0 Å². The smallest absolute Gasteiger partial charge is 0.205 e. The number of fused-ring (bicyclic) bond motifs is 1. The van der Waals surface area contributed by atoms with E-state index in [2.05, 4.69) is 13.2 Å². The molecular weight excluding hydrogens is 364 g/mol. The van der Waals surface area contributed by atoms with E-state index in [1.807, 2.05) is 58.0 Å². The standard InChI is InChI=1S/C25H26O4/c1-7-24(3,4)28-20-15-14-18-19(26)16-21(17-12-10-9-11-13-17)27-22(18)23(20)29-25(5,6)8-2/h7-16H,1-2H2,3-6H3. The average molecular weight is 390 g/mol. The first kappa shape index (κ1) is 20.5. The molecule has 1 heterocycles. The van der Waals surface area contributed by atoms with Gasteiger partial charge in [0.15, 0.2) is 16.8 Å². The highest BCUT2D eigenvalue weighted by molar-refractivity contribution is 5.86. The van der Waals surface area contributed by atoms with Gasteiger partial charge in [-0.1, -0.05) is 43.5 Å². The Morgan fingerprint density at radius 3 is 2.14 bits per heavy atom. The minimum atomic E-state index is -0.702. The quantitative estimate of drug-likeness (QED) is 0.454. The topological polar surface area (TPSA) is 48.7 Å². The normalized spacial score (nSPS) is 11.9. The van der Waals surface area contributed by atoms with Gasteiger partial charge in [0.05, 0.1) is 5.39 Å². The van der Waals surface area contributed by atoms with Crippen molar-refractivity contribution in [1.82, 2.24) is 0 Å². The summed E-state index contributed by atoms with van der Waals surface area (Å²) in [4.78, 5) is 12.8. The van der Waals surface area contributed by atoms with Crippen LogP contribution in [0.3, 0.4) is 0 Å². The molecular formula is C25H26O4. The Balaban J connectivity index is 2.30.